The average Bonchev–Trinajstić information content (AvgIpc) is 2.26. The number of hydrogen-bond donors (Lipinski definition) is 1. The van der Waals surface area contributed by atoms with Crippen LogP contribution in [0.25, 0.3) is 11.5 Å². The number of halogens is 2. The highest BCUT2D eigenvalue weighted by Gasteiger charge is 2.09. The van der Waals surface area contributed by atoms with Crippen molar-refractivity contribution in [2.24, 2.45) is 5.92 Å². The molecule has 2 rings (SSSR count). The smallest absolute Gasteiger partial charge is 0.158 e. The van der Waals surface area contributed by atoms with Crippen molar-refractivity contribution in [3.05, 3.63) is 37.6 Å². The highest BCUT2D eigenvalue weighted by atomic mass is 79.9. The fraction of sp³-hybridized carbons (Fsp3) is 0.308. The maximum absolute atomic E-state index is 5.23. The van der Waals surface area contributed by atoms with Gasteiger partial charge in [0.05, 0.1) is 0 Å². The Morgan fingerprint density at radius 3 is 2.68 bits per heavy atom. The third-order valence-electron chi connectivity index (χ3n) is 2.46. The van der Waals surface area contributed by atoms with Crippen molar-refractivity contribution in [3.63, 3.8) is 0 Å². The molecular formula is C13H13Br2N3S. The lowest BCUT2D eigenvalue weighted by molar-refractivity contribution is 0.634. The zero-order chi connectivity index (χ0) is 14.0. The van der Waals surface area contributed by atoms with Gasteiger partial charge in [0, 0.05) is 20.8 Å². The molecule has 0 aromatic carbocycles. The predicted molar refractivity (Wildman–Crippen MR) is 86.6 cm³/mol. The fourth-order valence-corrected chi connectivity index (χ4v) is 3.17. The summed E-state index contributed by atoms with van der Waals surface area (Å²) in [5, 5.41) is 0. The summed E-state index contributed by atoms with van der Waals surface area (Å²) in [6.07, 6.45) is 2.68. The number of pyridine rings is 1. The predicted octanol–water partition coefficient (Wildman–Crippen LogP) is 4.92. The fourth-order valence-electron chi connectivity index (χ4n) is 1.76. The van der Waals surface area contributed by atoms with Crippen molar-refractivity contribution in [2.45, 2.75) is 20.3 Å². The minimum absolute atomic E-state index is 0.558. The van der Waals surface area contributed by atoms with Crippen LogP contribution < -0.4 is 0 Å². The van der Waals surface area contributed by atoms with E-state index in [1.807, 2.05) is 12.1 Å². The molecule has 0 saturated carbocycles. The molecule has 0 bridgehead atoms. The maximum atomic E-state index is 5.23. The largest absolute Gasteiger partial charge is 0.342 e. The van der Waals surface area contributed by atoms with Gasteiger partial charge in [0.1, 0.15) is 10.3 Å². The Labute approximate surface area is 134 Å². The molecule has 3 nitrogen and oxygen atoms in total. The van der Waals surface area contributed by atoms with E-state index in [0.29, 0.717) is 16.4 Å². The van der Waals surface area contributed by atoms with Gasteiger partial charge in [0.2, 0.25) is 0 Å². The third kappa shape index (κ3) is 3.94. The van der Waals surface area contributed by atoms with Crippen LogP contribution in [0.2, 0.25) is 0 Å². The third-order valence-corrected chi connectivity index (χ3v) is 3.71. The van der Waals surface area contributed by atoms with Gasteiger partial charge in [-0.2, -0.15) is 0 Å². The molecule has 0 aliphatic carbocycles. The van der Waals surface area contributed by atoms with Crippen molar-refractivity contribution >= 4 is 44.1 Å². The molecule has 0 radical (unpaired) electrons. The summed E-state index contributed by atoms with van der Waals surface area (Å²) in [4.78, 5) is 12.0. The molecule has 2 aromatic rings. The Hall–Kier alpha value is -0.590. The van der Waals surface area contributed by atoms with E-state index in [9.17, 15) is 0 Å². The Morgan fingerprint density at radius 2 is 2.05 bits per heavy atom. The molecule has 0 amide bonds. The molecule has 100 valence electrons. The summed E-state index contributed by atoms with van der Waals surface area (Å²) in [5.41, 5.74) is 1.85. The van der Waals surface area contributed by atoms with Crippen LogP contribution in [0.3, 0.4) is 0 Å². The highest BCUT2D eigenvalue weighted by molar-refractivity contribution is 9.11. The molecule has 0 fully saturated rings. The lowest BCUT2D eigenvalue weighted by Crippen LogP contribution is -2.01. The Morgan fingerprint density at radius 1 is 1.32 bits per heavy atom. The first-order valence-electron chi connectivity index (χ1n) is 5.87. The highest BCUT2D eigenvalue weighted by Crippen LogP contribution is 2.26. The molecule has 0 spiro atoms. The standard InChI is InChI=1S/C13H13Br2N3S/c1-7(2)3-9-5-11(19)18-13(17-9)12-10(15)4-8(14)6-16-12/h4-7H,3H2,1-2H3,(H,17,18,19). The van der Waals surface area contributed by atoms with Gasteiger partial charge >= 0.3 is 0 Å². The first kappa shape index (κ1) is 14.8. The van der Waals surface area contributed by atoms with Crippen molar-refractivity contribution in [1.29, 1.82) is 0 Å². The molecule has 19 heavy (non-hydrogen) atoms. The molecule has 1 N–H and O–H groups in total. The molecular weight excluding hydrogens is 390 g/mol. The van der Waals surface area contributed by atoms with E-state index in [1.165, 1.54) is 0 Å². The topological polar surface area (TPSA) is 41.6 Å². The second-order valence-electron chi connectivity index (χ2n) is 4.68. The van der Waals surface area contributed by atoms with Gasteiger partial charge in [0.25, 0.3) is 0 Å². The quantitative estimate of drug-likeness (QED) is 0.740. The number of nitrogens with zero attached hydrogens (tertiary/aromatic N) is 2. The van der Waals surface area contributed by atoms with Gasteiger partial charge in [0.15, 0.2) is 5.82 Å². The van der Waals surface area contributed by atoms with Gasteiger partial charge < -0.3 is 4.98 Å². The van der Waals surface area contributed by atoms with Crippen LogP contribution in [0.1, 0.15) is 19.5 Å². The molecule has 0 saturated heterocycles. The number of aromatic amines is 1. The first-order valence-corrected chi connectivity index (χ1v) is 7.87. The van der Waals surface area contributed by atoms with Crippen molar-refractivity contribution in [1.82, 2.24) is 15.0 Å². The molecule has 0 unspecified atom stereocenters. The monoisotopic (exact) mass is 401 g/mol. The Balaban J connectivity index is 2.50. The second-order valence-corrected chi connectivity index (χ2v) is 6.86. The van der Waals surface area contributed by atoms with Crippen LogP contribution in [0.15, 0.2) is 27.3 Å². The maximum Gasteiger partial charge on any atom is 0.158 e. The minimum atomic E-state index is 0.558. The van der Waals surface area contributed by atoms with Gasteiger partial charge in [-0.25, -0.2) is 4.98 Å². The number of rotatable bonds is 3. The lowest BCUT2D eigenvalue weighted by Gasteiger charge is -2.09. The van der Waals surface area contributed by atoms with Crippen LogP contribution in [0.4, 0.5) is 0 Å². The summed E-state index contributed by atoms with van der Waals surface area (Å²) in [7, 11) is 0. The average molecular weight is 403 g/mol. The van der Waals surface area contributed by atoms with Crippen LogP contribution >= 0.6 is 44.1 Å². The van der Waals surface area contributed by atoms with Gasteiger partial charge in [-0.15, -0.1) is 0 Å². The summed E-state index contributed by atoms with van der Waals surface area (Å²) >= 11 is 12.1. The van der Waals surface area contributed by atoms with E-state index in [1.54, 1.807) is 6.20 Å². The van der Waals surface area contributed by atoms with Crippen LogP contribution in [-0.2, 0) is 6.42 Å². The van der Waals surface area contributed by atoms with E-state index in [2.05, 4.69) is 60.7 Å². The van der Waals surface area contributed by atoms with Gasteiger partial charge in [-0.1, -0.05) is 26.1 Å². The van der Waals surface area contributed by atoms with E-state index in [4.69, 9.17) is 12.2 Å². The van der Waals surface area contributed by atoms with E-state index < -0.39 is 0 Å². The van der Waals surface area contributed by atoms with Gasteiger partial charge in [-0.05, 0) is 56.3 Å². The number of nitrogens with one attached hydrogen (secondary N) is 1. The number of H-pyrrole nitrogens is 1. The molecule has 0 aliphatic heterocycles. The van der Waals surface area contributed by atoms with E-state index in [0.717, 1.165) is 26.8 Å². The zero-order valence-corrected chi connectivity index (χ0v) is 14.6. The molecule has 6 heteroatoms. The molecule has 0 atom stereocenters. The summed E-state index contributed by atoms with van der Waals surface area (Å²) < 4.78 is 2.38. The van der Waals surface area contributed by atoms with E-state index >= 15 is 0 Å². The molecule has 0 aliphatic rings. The molecule has 2 aromatic heterocycles. The van der Waals surface area contributed by atoms with Gasteiger partial charge in [-0.3, -0.25) is 4.98 Å². The van der Waals surface area contributed by atoms with Crippen molar-refractivity contribution in [3.8, 4) is 11.5 Å². The Bertz CT molecular complexity index is 653. The van der Waals surface area contributed by atoms with Crippen LogP contribution in [0, 0.1) is 10.6 Å². The zero-order valence-electron chi connectivity index (χ0n) is 10.6. The van der Waals surface area contributed by atoms with Crippen molar-refractivity contribution in [2.75, 3.05) is 0 Å². The summed E-state index contributed by atoms with van der Waals surface area (Å²) in [6, 6.07) is 3.85. The lowest BCUT2D eigenvalue weighted by atomic mass is 10.1. The number of aromatic nitrogens is 3. The normalized spacial score (nSPS) is 11.0. The Kier molecular flexibility index (Phi) is 4.86. The van der Waals surface area contributed by atoms with E-state index in [-0.39, 0.29) is 0 Å². The van der Waals surface area contributed by atoms with Crippen LogP contribution in [0.5, 0.6) is 0 Å². The SMILES string of the molecule is CC(C)Cc1cc(=S)nc(-c2ncc(Br)cc2Br)[nH]1. The second kappa shape index (κ2) is 6.24. The summed E-state index contributed by atoms with van der Waals surface area (Å²) in [5.74, 6) is 1.25. The first-order chi connectivity index (χ1) is 8.95. The molecule has 2 heterocycles. The minimum Gasteiger partial charge on any atom is -0.342 e. The van der Waals surface area contributed by atoms with Crippen molar-refractivity contribution < 1.29 is 0 Å². The van der Waals surface area contributed by atoms with Crippen LogP contribution in [-0.4, -0.2) is 15.0 Å². The number of hydrogen-bond acceptors (Lipinski definition) is 3. The summed E-state index contributed by atoms with van der Waals surface area (Å²) in [6.45, 7) is 4.34.